The topological polar surface area (TPSA) is 59.4 Å². The largest absolute Gasteiger partial charge is 0.492 e. The van der Waals surface area contributed by atoms with Crippen LogP contribution in [0.3, 0.4) is 0 Å². The van der Waals surface area contributed by atoms with Gasteiger partial charge in [-0.05, 0) is 25.5 Å². The van der Waals surface area contributed by atoms with Crippen molar-refractivity contribution in [2.24, 2.45) is 0 Å². The molecule has 1 aromatic carbocycles. The maximum atomic E-state index is 10.6. The molecule has 5 heteroatoms. The van der Waals surface area contributed by atoms with E-state index in [0.717, 1.165) is 35.1 Å². The molecule has 0 aliphatic heterocycles. The van der Waals surface area contributed by atoms with Gasteiger partial charge in [0.2, 0.25) is 0 Å². The van der Waals surface area contributed by atoms with Gasteiger partial charge < -0.3 is 9.84 Å². The van der Waals surface area contributed by atoms with E-state index >= 15 is 0 Å². The van der Waals surface area contributed by atoms with Crippen LogP contribution in [-0.2, 0) is 11.2 Å². The Bertz CT molecular complexity index is 661. The van der Waals surface area contributed by atoms with E-state index in [1.807, 2.05) is 37.6 Å². The van der Waals surface area contributed by atoms with E-state index in [1.54, 1.807) is 17.4 Å². The Hall–Kier alpha value is -2.14. The minimum Gasteiger partial charge on any atom is -0.492 e. The van der Waals surface area contributed by atoms with Crippen LogP contribution in [0.2, 0.25) is 0 Å². The number of carbonyl (C=O) groups is 1. The Morgan fingerprint density at radius 1 is 1.43 bits per heavy atom. The minimum atomic E-state index is -0.970. The number of hydrogen-bond acceptors (Lipinski definition) is 4. The van der Waals surface area contributed by atoms with Crippen LogP contribution in [0.5, 0.6) is 5.75 Å². The van der Waals surface area contributed by atoms with E-state index in [1.165, 1.54) is 4.88 Å². The van der Waals surface area contributed by atoms with Crippen molar-refractivity contribution >= 4 is 23.4 Å². The molecule has 2 aromatic rings. The molecule has 1 N–H and O–H groups in total. The predicted octanol–water partition coefficient (Wildman–Crippen LogP) is 3.48. The second kappa shape index (κ2) is 7.04. The van der Waals surface area contributed by atoms with Crippen molar-refractivity contribution in [1.82, 2.24) is 4.98 Å². The summed E-state index contributed by atoms with van der Waals surface area (Å²) in [5.74, 6) is -0.236. The van der Waals surface area contributed by atoms with Gasteiger partial charge in [-0.15, -0.1) is 11.3 Å². The van der Waals surface area contributed by atoms with Crippen LogP contribution in [0, 0.1) is 13.8 Å². The minimum absolute atomic E-state index is 0.543. The summed E-state index contributed by atoms with van der Waals surface area (Å²) in [6.45, 7) is 4.48. The zero-order valence-electron chi connectivity index (χ0n) is 12.0. The third-order valence-corrected chi connectivity index (χ3v) is 4.06. The summed E-state index contributed by atoms with van der Waals surface area (Å²) in [7, 11) is 0. The third-order valence-electron chi connectivity index (χ3n) is 3.07. The third kappa shape index (κ3) is 4.16. The number of carboxylic acids is 1. The van der Waals surface area contributed by atoms with Gasteiger partial charge in [-0.25, -0.2) is 9.78 Å². The van der Waals surface area contributed by atoms with Crippen LogP contribution in [0.25, 0.3) is 6.08 Å². The highest BCUT2D eigenvalue weighted by Crippen LogP contribution is 2.25. The summed E-state index contributed by atoms with van der Waals surface area (Å²) in [5.41, 5.74) is 4.64. The molecule has 0 atom stereocenters. The number of rotatable bonds is 6. The number of benzene rings is 1. The van der Waals surface area contributed by atoms with Crippen LogP contribution >= 0.6 is 11.3 Å². The van der Waals surface area contributed by atoms with E-state index in [-0.39, 0.29) is 0 Å². The van der Waals surface area contributed by atoms with Gasteiger partial charge in [0.15, 0.2) is 0 Å². The Labute approximate surface area is 127 Å². The summed E-state index contributed by atoms with van der Waals surface area (Å²) >= 11 is 1.62. The molecule has 0 saturated carbocycles. The highest BCUT2D eigenvalue weighted by Gasteiger charge is 2.07. The molecule has 0 radical (unpaired) electrons. The zero-order chi connectivity index (χ0) is 15.2. The van der Waals surface area contributed by atoms with E-state index in [2.05, 4.69) is 4.98 Å². The van der Waals surface area contributed by atoms with E-state index in [9.17, 15) is 4.79 Å². The number of nitrogens with zero attached hydrogens (tertiary/aromatic N) is 1. The fourth-order valence-corrected chi connectivity index (χ4v) is 2.74. The molecule has 0 spiro atoms. The molecule has 0 amide bonds. The van der Waals surface area contributed by atoms with Gasteiger partial charge in [0.05, 0.1) is 17.8 Å². The van der Waals surface area contributed by atoms with E-state index in [4.69, 9.17) is 9.84 Å². The highest BCUT2D eigenvalue weighted by molar-refractivity contribution is 7.09. The first-order valence-corrected chi connectivity index (χ1v) is 7.48. The van der Waals surface area contributed by atoms with Crippen LogP contribution in [0.15, 0.2) is 29.8 Å². The van der Waals surface area contributed by atoms with Crippen LogP contribution in [0.1, 0.15) is 21.7 Å². The summed E-state index contributed by atoms with van der Waals surface area (Å²) in [6.07, 6.45) is 3.48. The van der Waals surface area contributed by atoms with Crippen molar-refractivity contribution < 1.29 is 14.6 Å². The molecular formula is C16H17NO3S. The lowest BCUT2D eigenvalue weighted by atomic mass is 10.1. The molecule has 1 heterocycles. The fourth-order valence-electron chi connectivity index (χ4n) is 1.98. The molecule has 110 valence electrons. The van der Waals surface area contributed by atoms with Crippen molar-refractivity contribution in [3.05, 3.63) is 51.5 Å². The number of aromatic nitrogens is 1. The van der Waals surface area contributed by atoms with Crippen molar-refractivity contribution in [2.45, 2.75) is 20.3 Å². The second-order valence-corrected chi connectivity index (χ2v) is 5.56. The van der Waals surface area contributed by atoms with Gasteiger partial charge in [0, 0.05) is 22.9 Å². The van der Waals surface area contributed by atoms with Crippen molar-refractivity contribution in [1.29, 1.82) is 0 Å². The average Bonchev–Trinajstić information content (AvgIpc) is 2.84. The Kier molecular flexibility index (Phi) is 5.11. The van der Waals surface area contributed by atoms with Crippen LogP contribution in [-0.4, -0.2) is 22.7 Å². The molecule has 21 heavy (non-hydrogen) atoms. The highest BCUT2D eigenvalue weighted by atomic mass is 32.1. The first-order chi connectivity index (χ1) is 10.1. The maximum absolute atomic E-state index is 10.6. The van der Waals surface area contributed by atoms with Crippen LogP contribution in [0.4, 0.5) is 0 Å². The Morgan fingerprint density at radius 2 is 2.24 bits per heavy atom. The Morgan fingerprint density at radius 3 is 2.90 bits per heavy atom. The smallest absolute Gasteiger partial charge is 0.328 e. The molecule has 0 saturated heterocycles. The molecule has 0 bridgehead atoms. The molecule has 0 aliphatic carbocycles. The van der Waals surface area contributed by atoms with Crippen molar-refractivity contribution in [3.8, 4) is 5.75 Å². The average molecular weight is 303 g/mol. The molecule has 0 fully saturated rings. The van der Waals surface area contributed by atoms with Gasteiger partial charge in [0.25, 0.3) is 0 Å². The number of ether oxygens (including phenoxy) is 1. The van der Waals surface area contributed by atoms with Gasteiger partial charge in [0.1, 0.15) is 5.75 Å². The van der Waals surface area contributed by atoms with Gasteiger partial charge in [-0.2, -0.15) is 0 Å². The number of thiazole rings is 1. The number of hydrogen-bond donors (Lipinski definition) is 1. The maximum Gasteiger partial charge on any atom is 0.328 e. The van der Waals surface area contributed by atoms with Gasteiger partial charge in [-0.3, -0.25) is 0 Å². The zero-order valence-corrected chi connectivity index (χ0v) is 12.8. The van der Waals surface area contributed by atoms with Crippen molar-refractivity contribution in [2.75, 3.05) is 6.61 Å². The van der Waals surface area contributed by atoms with E-state index < -0.39 is 5.97 Å². The lowest BCUT2D eigenvalue weighted by molar-refractivity contribution is -0.131. The summed E-state index contributed by atoms with van der Waals surface area (Å²) in [6, 6.07) is 5.68. The molecule has 1 aromatic heterocycles. The summed E-state index contributed by atoms with van der Waals surface area (Å²) in [4.78, 5) is 16.1. The van der Waals surface area contributed by atoms with E-state index in [0.29, 0.717) is 6.61 Å². The van der Waals surface area contributed by atoms with Gasteiger partial charge >= 0.3 is 5.97 Å². The quantitative estimate of drug-likeness (QED) is 0.830. The van der Waals surface area contributed by atoms with Crippen LogP contribution < -0.4 is 4.74 Å². The first-order valence-electron chi connectivity index (χ1n) is 6.60. The predicted molar refractivity (Wildman–Crippen MR) is 83.9 cm³/mol. The molecule has 4 nitrogen and oxygen atoms in total. The molecule has 0 unspecified atom stereocenters. The number of aryl methyl sites for hydroxylation is 2. The standard InChI is InChI=1S/C16H17NO3S/c1-11-4-3-5-13(6-7-15(18)19)16(11)20-9-8-14-12(2)17-10-21-14/h3-7,10H,8-9H2,1-2H3,(H,18,19)/b7-6+. The fraction of sp³-hybridized carbons (Fsp3) is 0.250. The number of carboxylic acid groups (broad SMARTS) is 1. The summed E-state index contributed by atoms with van der Waals surface area (Å²) in [5, 5.41) is 8.73. The van der Waals surface area contributed by atoms with Gasteiger partial charge in [-0.1, -0.05) is 18.2 Å². The number of aliphatic carboxylic acids is 1. The lowest BCUT2D eigenvalue weighted by Gasteiger charge is -2.12. The second-order valence-electron chi connectivity index (χ2n) is 4.62. The molecule has 0 aliphatic rings. The van der Waals surface area contributed by atoms with Crippen molar-refractivity contribution in [3.63, 3.8) is 0 Å². The SMILES string of the molecule is Cc1cccc(/C=C/C(=O)O)c1OCCc1scnc1C. The summed E-state index contributed by atoms with van der Waals surface area (Å²) < 4.78 is 5.86. The normalized spacial score (nSPS) is 11.0. The Balaban J connectivity index is 2.08. The number of para-hydroxylation sites is 1. The first kappa shape index (κ1) is 15.3. The lowest BCUT2D eigenvalue weighted by Crippen LogP contribution is -2.03. The monoisotopic (exact) mass is 303 g/mol. The molecular weight excluding hydrogens is 286 g/mol. The molecule has 2 rings (SSSR count).